The first-order valence-corrected chi connectivity index (χ1v) is 9.43. The van der Waals surface area contributed by atoms with E-state index in [1.807, 2.05) is 6.07 Å². The predicted octanol–water partition coefficient (Wildman–Crippen LogP) is 2.84. The number of nitrogens with zero attached hydrogens (tertiary/aromatic N) is 3. The van der Waals surface area contributed by atoms with Gasteiger partial charge in [0, 0.05) is 43.8 Å². The average molecular weight is 365 g/mol. The zero-order valence-corrected chi connectivity index (χ0v) is 16.3. The predicted molar refractivity (Wildman–Crippen MR) is 107 cm³/mol. The zero-order valence-electron chi connectivity index (χ0n) is 16.3. The van der Waals surface area contributed by atoms with Crippen molar-refractivity contribution in [3.63, 3.8) is 0 Å². The molecular formula is C22H27N3O2. The molecule has 0 N–H and O–H groups in total. The van der Waals surface area contributed by atoms with Crippen LogP contribution in [0.2, 0.25) is 0 Å². The van der Waals surface area contributed by atoms with Crippen LogP contribution in [0, 0.1) is 0 Å². The lowest BCUT2D eigenvalue weighted by Crippen LogP contribution is -2.51. The summed E-state index contributed by atoms with van der Waals surface area (Å²) in [7, 11) is 0. The van der Waals surface area contributed by atoms with Crippen LogP contribution in [0.3, 0.4) is 0 Å². The first kappa shape index (κ1) is 19.1. The van der Waals surface area contributed by atoms with Crippen LogP contribution in [0.25, 0.3) is 0 Å². The van der Waals surface area contributed by atoms with Crippen molar-refractivity contribution in [2.24, 2.45) is 0 Å². The van der Waals surface area contributed by atoms with Crippen molar-refractivity contribution in [3.05, 3.63) is 59.9 Å². The third kappa shape index (κ3) is 4.54. The highest BCUT2D eigenvalue weighted by Gasteiger charge is 2.28. The second kappa shape index (κ2) is 7.91. The number of carbonyl (C=O) groups excluding carboxylic acids is 2. The minimum absolute atomic E-state index is 0.0577. The van der Waals surface area contributed by atoms with Crippen LogP contribution in [0.5, 0.6) is 0 Å². The van der Waals surface area contributed by atoms with Gasteiger partial charge < -0.3 is 9.80 Å². The van der Waals surface area contributed by atoms with Gasteiger partial charge in [0.2, 0.25) is 5.78 Å². The number of hydrogen-bond donors (Lipinski definition) is 0. The molecule has 2 heterocycles. The van der Waals surface area contributed by atoms with Gasteiger partial charge in [-0.3, -0.25) is 14.6 Å². The number of amides is 1. The summed E-state index contributed by atoms with van der Waals surface area (Å²) < 4.78 is 0. The van der Waals surface area contributed by atoms with Crippen LogP contribution < -0.4 is 4.90 Å². The molecule has 5 heteroatoms. The largest absolute Gasteiger partial charge is 0.368 e. The number of rotatable bonds is 4. The molecule has 5 nitrogen and oxygen atoms in total. The minimum Gasteiger partial charge on any atom is -0.368 e. The van der Waals surface area contributed by atoms with Gasteiger partial charge in [-0.15, -0.1) is 0 Å². The Bertz CT molecular complexity index is 804. The molecular weight excluding hydrogens is 338 g/mol. The number of ketones is 1. The molecule has 0 spiro atoms. The summed E-state index contributed by atoms with van der Waals surface area (Å²) in [6.07, 6.45) is 1.70. The quantitative estimate of drug-likeness (QED) is 0.782. The highest BCUT2D eigenvalue weighted by molar-refractivity contribution is 6.36. The zero-order chi connectivity index (χ0) is 19.4. The summed E-state index contributed by atoms with van der Waals surface area (Å²) in [5.74, 6) is -0.790. The lowest BCUT2D eigenvalue weighted by Gasteiger charge is -2.38. The van der Waals surface area contributed by atoms with E-state index in [4.69, 9.17) is 0 Å². The summed E-state index contributed by atoms with van der Waals surface area (Å²) in [4.78, 5) is 32.9. The number of aromatic nitrogens is 1. The number of anilines is 1. The average Bonchev–Trinajstić information content (AvgIpc) is 2.67. The lowest BCUT2D eigenvalue weighted by molar-refractivity contribution is -0.144. The van der Waals surface area contributed by atoms with Gasteiger partial charge in [0.1, 0.15) is 0 Å². The molecule has 27 heavy (non-hydrogen) atoms. The molecule has 1 saturated heterocycles. The second-order valence-corrected chi connectivity index (χ2v) is 7.97. The monoisotopic (exact) mass is 365 g/mol. The third-order valence-corrected chi connectivity index (χ3v) is 4.93. The number of para-hydroxylation sites is 1. The van der Waals surface area contributed by atoms with Crippen molar-refractivity contribution in [2.45, 2.75) is 32.6 Å². The maximum absolute atomic E-state index is 12.5. The van der Waals surface area contributed by atoms with Crippen LogP contribution in [-0.2, 0) is 21.4 Å². The van der Waals surface area contributed by atoms with Gasteiger partial charge in [-0.1, -0.05) is 45.0 Å². The number of piperazine rings is 1. The van der Waals surface area contributed by atoms with Crippen LogP contribution in [0.4, 0.5) is 5.69 Å². The van der Waals surface area contributed by atoms with Gasteiger partial charge in [0.25, 0.3) is 5.91 Å². The Labute approximate surface area is 161 Å². The summed E-state index contributed by atoms with van der Waals surface area (Å²) >= 11 is 0. The fourth-order valence-corrected chi connectivity index (χ4v) is 3.45. The van der Waals surface area contributed by atoms with Crippen molar-refractivity contribution >= 4 is 17.4 Å². The topological polar surface area (TPSA) is 53.5 Å². The molecule has 2 aromatic rings. The maximum atomic E-state index is 12.5. The molecule has 0 unspecified atom stereocenters. The Morgan fingerprint density at radius 3 is 2.26 bits per heavy atom. The Balaban J connectivity index is 1.62. The summed E-state index contributed by atoms with van der Waals surface area (Å²) in [5.41, 5.74) is 3.21. The van der Waals surface area contributed by atoms with Crippen molar-refractivity contribution in [1.82, 2.24) is 9.88 Å². The minimum atomic E-state index is -0.399. The molecule has 1 aromatic carbocycles. The Hall–Kier alpha value is -2.69. The second-order valence-electron chi connectivity index (χ2n) is 7.97. The molecule has 1 fully saturated rings. The van der Waals surface area contributed by atoms with Crippen LogP contribution in [-0.4, -0.2) is 47.8 Å². The lowest BCUT2D eigenvalue weighted by atomic mass is 9.85. The maximum Gasteiger partial charge on any atom is 0.290 e. The molecule has 0 saturated carbocycles. The van der Waals surface area contributed by atoms with Gasteiger partial charge in [-0.05, 0) is 29.2 Å². The van der Waals surface area contributed by atoms with Crippen LogP contribution in [0.15, 0.2) is 48.7 Å². The summed E-state index contributed by atoms with van der Waals surface area (Å²) in [6, 6.07) is 13.8. The van der Waals surface area contributed by atoms with Gasteiger partial charge >= 0.3 is 0 Å². The molecule has 1 aliphatic rings. The molecule has 0 radical (unpaired) electrons. The summed E-state index contributed by atoms with van der Waals surface area (Å²) in [5, 5.41) is 0. The van der Waals surface area contributed by atoms with E-state index < -0.39 is 11.7 Å². The Kier molecular flexibility index (Phi) is 5.59. The molecule has 1 aliphatic heterocycles. The normalized spacial score (nSPS) is 14.9. The molecule has 142 valence electrons. The smallest absolute Gasteiger partial charge is 0.290 e. The van der Waals surface area contributed by atoms with Gasteiger partial charge in [-0.2, -0.15) is 0 Å². The van der Waals surface area contributed by atoms with Gasteiger partial charge in [-0.25, -0.2) is 0 Å². The van der Waals surface area contributed by atoms with E-state index >= 15 is 0 Å². The molecule has 0 bridgehead atoms. The van der Waals surface area contributed by atoms with Crippen LogP contribution in [0.1, 0.15) is 32.0 Å². The van der Waals surface area contributed by atoms with Gasteiger partial charge in [0.05, 0.1) is 6.42 Å². The fraction of sp³-hybridized carbons (Fsp3) is 0.409. The number of hydrogen-bond acceptors (Lipinski definition) is 4. The third-order valence-electron chi connectivity index (χ3n) is 4.93. The van der Waals surface area contributed by atoms with E-state index in [0.717, 1.165) is 13.1 Å². The van der Waals surface area contributed by atoms with E-state index in [0.29, 0.717) is 18.8 Å². The number of carbonyl (C=O) groups is 2. The van der Waals surface area contributed by atoms with Crippen molar-refractivity contribution in [2.75, 3.05) is 31.1 Å². The number of benzene rings is 1. The molecule has 0 aliphatic carbocycles. The fourth-order valence-electron chi connectivity index (χ4n) is 3.45. The highest BCUT2D eigenvalue weighted by Crippen LogP contribution is 2.32. The molecule has 1 aromatic heterocycles. The van der Waals surface area contributed by atoms with E-state index in [9.17, 15) is 9.59 Å². The van der Waals surface area contributed by atoms with Crippen molar-refractivity contribution in [1.29, 1.82) is 0 Å². The van der Waals surface area contributed by atoms with E-state index in [-0.39, 0.29) is 11.8 Å². The molecule has 3 rings (SSSR count). The van der Waals surface area contributed by atoms with Crippen LogP contribution >= 0.6 is 0 Å². The van der Waals surface area contributed by atoms with Crippen molar-refractivity contribution < 1.29 is 9.59 Å². The first-order valence-electron chi connectivity index (χ1n) is 9.43. The highest BCUT2D eigenvalue weighted by atomic mass is 16.2. The molecule has 0 atom stereocenters. The Morgan fingerprint density at radius 2 is 1.63 bits per heavy atom. The van der Waals surface area contributed by atoms with E-state index in [1.165, 1.54) is 11.3 Å². The van der Waals surface area contributed by atoms with E-state index in [1.54, 1.807) is 23.2 Å². The SMILES string of the molecule is CC(C)(C)c1ccccc1N1CCN(C(=O)C(=O)Cc2ccccn2)CC1. The van der Waals surface area contributed by atoms with Crippen molar-refractivity contribution in [3.8, 4) is 0 Å². The van der Waals surface area contributed by atoms with E-state index in [2.05, 4.69) is 54.9 Å². The summed E-state index contributed by atoms with van der Waals surface area (Å²) in [6.45, 7) is 9.22. The van der Waals surface area contributed by atoms with Gasteiger partial charge in [0.15, 0.2) is 0 Å². The number of Topliss-reactive ketones (excluding diaryl/α,β-unsaturated/α-hetero) is 1. The standard InChI is InChI=1S/C22H27N3O2/c1-22(2,3)18-9-4-5-10-19(18)24-12-14-25(15-13-24)21(27)20(26)16-17-8-6-7-11-23-17/h4-11H,12-16H2,1-3H3. The Morgan fingerprint density at radius 1 is 0.963 bits per heavy atom. The number of pyridine rings is 1. The molecule has 1 amide bonds. The first-order chi connectivity index (χ1) is 12.9.